The van der Waals surface area contributed by atoms with E-state index in [1.807, 2.05) is 29.2 Å². The zero-order valence-electron chi connectivity index (χ0n) is 15.3. The van der Waals surface area contributed by atoms with Crippen molar-refractivity contribution >= 4 is 50.9 Å². The number of piperazine rings is 1. The van der Waals surface area contributed by atoms with Crippen LogP contribution in [0, 0.1) is 0 Å². The predicted octanol–water partition coefficient (Wildman–Crippen LogP) is 1.82. The van der Waals surface area contributed by atoms with Crippen LogP contribution >= 0.6 is 23.1 Å². The van der Waals surface area contributed by atoms with Gasteiger partial charge in [0.05, 0.1) is 11.3 Å². The van der Waals surface area contributed by atoms with E-state index in [9.17, 15) is 9.59 Å². The molecule has 146 valence electrons. The molecule has 3 aromatic rings. The van der Waals surface area contributed by atoms with Crippen LogP contribution in [0.3, 0.4) is 0 Å². The number of nitrogens with one attached hydrogen (secondary N) is 2. The Labute approximate surface area is 170 Å². The van der Waals surface area contributed by atoms with Crippen LogP contribution in [0.25, 0.3) is 10.9 Å². The Morgan fingerprint density at radius 3 is 2.79 bits per heavy atom. The number of nitrogens with zero attached hydrogens (tertiary/aromatic N) is 4. The van der Waals surface area contributed by atoms with Gasteiger partial charge in [-0.15, -0.1) is 10.2 Å². The number of H-pyrrole nitrogens is 1. The van der Waals surface area contributed by atoms with E-state index in [1.54, 1.807) is 13.2 Å². The molecule has 1 aliphatic rings. The van der Waals surface area contributed by atoms with Gasteiger partial charge in [-0.05, 0) is 6.07 Å². The molecule has 3 heterocycles. The second kappa shape index (κ2) is 8.19. The minimum absolute atomic E-state index is 0.0360. The summed E-state index contributed by atoms with van der Waals surface area (Å²) < 4.78 is 0.774. The molecule has 2 amide bonds. The summed E-state index contributed by atoms with van der Waals surface area (Å²) in [5.74, 6) is 0.347. The number of carbonyl (C=O) groups is 2. The van der Waals surface area contributed by atoms with Crippen LogP contribution in [-0.4, -0.2) is 70.9 Å². The van der Waals surface area contributed by atoms with Crippen molar-refractivity contribution in [1.29, 1.82) is 0 Å². The molecule has 0 radical (unpaired) electrons. The Morgan fingerprint density at radius 1 is 1.21 bits per heavy atom. The molecular formula is C18H20N6O2S2. The molecule has 0 unspecified atom stereocenters. The second-order valence-corrected chi connectivity index (χ2v) is 8.52. The highest BCUT2D eigenvalue weighted by molar-refractivity contribution is 8.01. The first-order chi connectivity index (χ1) is 13.7. The molecule has 10 heteroatoms. The number of aromatic amines is 1. The van der Waals surface area contributed by atoms with Gasteiger partial charge in [-0.2, -0.15) is 0 Å². The van der Waals surface area contributed by atoms with Gasteiger partial charge >= 0.3 is 0 Å². The minimum Gasteiger partial charge on any atom is -0.360 e. The third-order valence-electron chi connectivity index (χ3n) is 4.66. The van der Waals surface area contributed by atoms with E-state index in [4.69, 9.17) is 0 Å². The Balaban J connectivity index is 1.36. The summed E-state index contributed by atoms with van der Waals surface area (Å²) in [4.78, 5) is 31.5. The van der Waals surface area contributed by atoms with Crippen LogP contribution < -0.4 is 10.2 Å². The van der Waals surface area contributed by atoms with E-state index < -0.39 is 0 Å². The van der Waals surface area contributed by atoms with Crippen molar-refractivity contribution in [1.82, 2.24) is 25.4 Å². The maximum atomic E-state index is 12.9. The van der Waals surface area contributed by atoms with E-state index in [2.05, 4.69) is 25.4 Å². The van der Waals surface area contributed by atoms with Crippen LogP contribution in [0.4, 0.5) is 5.13 Å². The van der Waals surface area contributed by atoms with Crippen LogP contribution in [-0.2, 0) is 4.79 Å². The molecule has 8 nitrogen and oxygen atoms in total. The fourth-order valence-corrected chi connectivity index (χ4v) is 4.87. The summed E-state index contributed by atoms with van der Waals surface area (Å²) in [6.07, 6.45) is 1.79. The molecule has 1 fully saturated rings. The summed E-state index contributed by atoms with van der Waals surface area (Å²) >= 11 is 2.86. The highest BCUT2D eigenvalue weighted by Gasteiger charge is 2.25. The zero-order valence-corrected chi connectivity index (χ0v) is 17.0. The summed E-state index contributed by atoms with van der Waals surface area (Å²) in [6.45, 7) is 2.70. The van der Waals surface area contributed by atoms with Crippen molar-refractivity contribution in [2.45, 2.75) is 4.34 Å². The number of hydrogen-bond acceptors (Lipinski definition) is 7. The molecule has 1 aromatic carbocycles. The lowest BCUT2D eigenvalue weighted by molar-refractivity contribution is -0.118. The first-order valence-corrected chi connectivity index (χ1v) is 10.7. The number of rotatable bonds is 5. The first kappa shape index (κ1) is 18.8. The molecule has 0 saturated carbocycles. The summed E-state index contributed by atoms with van der Waals surface area (Å²) in [7, 11) is 1.62. The van der Waals surface area contributed by atoms with Gasteiger partial charge in [0.2, 0.25) is 11.0 Å². The number of amides is 2. The number of carbonyl (C=O) groups excluding carboxylic acids is 2. The molecule has 0 spiro atoms. The predicted molar refractivity (Wildman–Crippen MR) is 111 cm³/mol. The highest BCUT2D eigenvalue weighted by Crippen LogP contribution is 2.29. The lowest BCUT2D eigenvalue weighted by Crippen LogP contribution is -2.48. The Morgan fingerprint density at radius 2 is 2.00 bits per heavy atom. The van der Waals surface area contributed by atoms with Gasteiger partial charge in [0.1, 0.15) is 0 Å². The van der Waals surface area contributed by atoms with E-state index >= 15 is 0 Å². The van der Waals surface area contributed by atoms with Crippen molar-refractivity contribution in [2.24, 2.45) is 0 Å². The first-order valence-electron chi connectivity index (χ1n) is 8.93. The summed E-state index contributed by atoms with van der Waals surface area (Å²) in [5, 5.41) is 12.8. The van der Waals surface area contributed by atoms with Crippen molar-refractivity contribution in [3.63, 3.8) is 0 Å². The maximum Gasteiger partial charge on any atom is 0.256 e. The topological polar surface area (TPSA) is 94.2 Å². The zero-order chi connectivity index (χ0) is 19.5. The van der Waals surface area contributed by atoms with Gasteiger partial charge in [0.25, 0.3) is 5.91 Å². The van der Waals surface area contributed by atoms with Crippen molar-refractivity contribution < 1.29 is 9.59 Å². The van der Waals surface area contributed by atoms with Crippen LogP contribution in [0.15, 0.2) is 34.8 Å². The number of hydrogen-bond donors (Lipinski definition) is 2. The van der Waals surface area contributed by atoms with Crippen molar-refractivity contribution in [3.8, 4) is 0 Å². The molecule has 0 atom stereocenters. The number of anilines is 1. The fourth-order valence-electron chi connectivity index (χ4n) is 3.11. The summed E-state index contributed by atoms with van der Waals surface area (Å²) in [6, 6.07) is 7.84. The van der Waals surface area contributed by atoms with E-state index in [0.29, 0.717) is 37.5 Å². The smallest absolute Gasteiger partial charge is 0.256 e. The SMILES string of the molecule is CNC(=O)CSc1nnc(N2CCN(C(=O)c3c[nH]c4ccccc34)CC2)s1. The fraction of sp³-hybridized carbons (Fsp3) is 0.333. The molecule has 28 heavy (non-hydrogen) atoms. The van der Waals surface area contributed by atoms with Gasteiger partial charge in [-0.3, -0.25) is 9.59 Å². The van der Waals surface area contributed by atoms with Gasteiger partial charge in [0.15, 0.2) is 4.34 Å². The molecule has 2 N–H and O–H groups in total. The molecule has 0 aliphatic carbocycles. The number of benzene rings is 1. The van der Waals surface area contributed by atoms with Crippen LogP contribution in [0.5, 0.6) is 0 Å². The monoisotopic (exact) mass is 416 g/mol. The molecule has 0 bridgehead atoms. The quantitative estimate of drug-likeness (QED) is 0.616. The third kappa shape index (κ3) is 3.83. The van der Waals surface area contributed by atoms with Gasteiger partial charge in [0, 0.05) is 50.3 Å². The normalized spacial score (nSPS) is 14.5. The minimum atomic E-state index is -0.0360. The molecule has 1 saturated heterocycles. The van der Waals surface area contributed by atoms with E-state index in [-0.39, 0.29) is 11.8 Å². The maximum absolute atomic E-state index is 12.9. The van der Waals surface area contributed by atoms with Crippen LogP contribution in [0.2, 0.25) is 0 Å². The standard InChI is InChI=1S/C18H20N6O2S2/c1-19-15(25)11-27-18-22-21-17(28-18)24-8-6-23(7-9-24)16(26)13-10-20-14-5-3-2-4-12(13)14/h2-5,10,20H,6-9,11H2,1H3,(H,19,25). The average Bonchev–Trinajstić information content (AvgIpc) is 3.39. The molecule has 1 aliphatic heterocycles. The van der Waals surface area contributed by atoms with Crippen molar-refractivity contribution in [3.05, 3.63) is 36.0 Å². The molecular weight excluding hydrogens is 396 g/mol. The van der Waals surface area contributed by atoms with E-state index in [0.717, 1.165) is 20.4 Å². The Hall–Kier alpha value is -2.59. The molecule has 4 rings (SSSR count). The Kier molecular flexibility index (Phi) is 5.49. The largest absolute Gasteiger partial charge is 0.360 e. The average molecular weight is 417 g/mol. The number of aromatic nitrogens is 3. The lowest BCUT2D eigenvalue weighted by atomic mass is 10.1. The number of fused-ring (bicyclic) bond motifs is 1. The van der Waals surface area contributed by atoms with Crippen LogP contribution in [0.1, 0.15) is 10.4 Å². The second-order valence-electron chi connectivity index (χ2n) is 6.34. The molecule has 2 aromatic heterocycles. The van der Waals surface area contributed by atoms with E-state index in [1.165, 1.54) is 23.1 Å². The Bertz CT molecular complexity index is 993. The van der Waals surface area contributed by atoms with Crippen molar-refractivity contribution in [2.75, 3.05) is 43.9 Å². The number of thioether (sulfide) groups is 1. The third-order valence-corrected chi connectivity index (χ3v) is 6.78. The highest BCUT2D eigenvalue weighted by atomic mass is 32.2. The number of para-hydroxylation sites is 1. The van der Waals surface area contributed by atoms with Gasteiger partial charge in [-0.1, -0.05) is 41.3 Å². The van der Waals surface area contributed by atoms with Gasteiger partial charge in [-0.25, -0.2) is 0 Å². The summed E-state index contributed by atoms with van der Waals surface area (Å²) in [5.41, 5.74) is 1.69. The lowest BCUT2D eigenvalue weighted by Gasteiger charge is -2.34. The van der Waals surface area contributed by atoms with Gasteiger partial charge < -0.3 is 20.1 Å².